The first-order valence-electron chi connectivity index (χ1n) is 6.38. The number of Topliss-reactive ketones (excluding diaryl/α,β-unsaturated/α-hetero) is 1. The van der Waals surface area contributed by atoms with E-state index in [-0.39, 0.29) is 5.92 Å². The molecule has 0 amide bonds. The number of rotatable bonds is 3. The number of aromatic nitrogens is 1. The van der Waals surface area contributed by atoms with Gasteiger partial charge in [0, 0.05) is 36.2 Å². The number of methoxy groups -OCH3 is 1. The molecule has 1 aromatic carbocycles. The van der Waals surface area contributed by atoms with Crippen LogP contribution in [-0.2, 0) is 7.05 Å². The Morgan fingerprint density at radius 2 is 2.17 bits per heavy atom. The molecule has 0 bridgehead atoms. The molecule has 1 heterocycles. The minimum absolute atomic E-state index is 0.248. The van der Waals surface area contributed by atoms with E-state index in [1.165, 1.54) is 6.42 Å². The molecular formula is C15H17NO2. The maximum absolute atomic E-state index is 12.4. The molecule has 3 nitrogen and oxygen atoms in total. The summed E-state index contributed by atoms with van der Waals surface area (Å²) in [5, 5.41) is 1.04. The van der Waals surface area contributed by atoms with Crippen molar-refractivity contribution in [2.75, 3.05) is 7.11 Å². The van der Waals surface area contributed by atoms with Gasteiger partial charge in [-0.1, -0.05) is 6.42 Å². The zero-order chi connectivity index (χ0) is 12.7. The van der Waals surface area contributed by atoms with Crippen molar-refractivity contribution in [1.29, 1.82) is 0 Å². The minimum Gasteiger partial charge on any atom is -0.497 e. The highest BCUT2D eigenvalue weighted by Gasteiger charge is 2.28. The number of aryl methyl sites for hydroxylation is 1. The highest BCUT2D eigenvalue weighted by atomic mass is 16.5. The van der Waals surface area contributed by atoms with Gasteiger partial charge < -0.3 is 9.30 Å². The van der Waals surface area contributed by atoms with Gasteiger partial charge in [0.15, 0.2) is 5.78 Å². The van der Waals surface area contributed by atoms with Gasteiger partial charge >= 0.3 is 0 Å². The standard InChI is InChI=1S/C15H17NO2/c1-16-9-13(15(17)10-4-3-5-10)12-7-6-11(18-2)8-14(12)16/h6-10H,3-5H2,1-2H3. The van der Waals surface area contributed by atoms with Crippen LogP contribution < -0.4 is 4.74 Å². The highest BCUT2D eigenvalue weighted by molar-refractivity contribution is 6.09. The van der Waals surface area contributed by atoms with E-state index in [4.69, 9.17) is 4.74 Å². The number of ether oxygens (including phenoxy) is 1. The number of carbonyl (C=O) groups is 1. The first-order valence-corrected chi connectivity index (χ1v) is 6.38. The predicted molar refractivity (Wildman–Crippen MR) is 71.1 cm³/mol. The number of ketones is 1. The van der Waals surface area contributed by atoms with E-state index in [2.05, 4.69) is 0 Å². The molecule has 0 atom stereocenters. The molecular weight excluding hydrogens is 226 g/mol. The number of carbonyl (C=O) groups excluding carboxylic acids is 1. The summed E-state index contributed by atoms with van der Waals surface area (Å²) in [5.41, 5.74) is 1.91. The summed E-state index contributed by atoms with van der Waals surface area (Å²) < 4.78 is 7.23. The first-order chi connectivity index (χ1) is 8.70. The largest absolute Gasteiger partial charge is 0.497 e. The van der Waals surface area contributed by atoms with Crippen LogP contribution in [0.4, 0.5) is 0 Å². The Bertz CT molecular complexity index is 608. The lowest BCUT2D eigenvalue weighted by molar-refractivity contribution is 0.0857. The third-order valence-electron chi connectivity index (χ3n) is 3.94. The zero-order valence-electron chi connectivity index (χ0n) is 10.8. The lowest BCUT2D eigenvalue weighted by Crippen LogP contribution is -2.21. The van der Waals surface area contributed by atoms with Crippen LogP contribution in [0, 0.1) is 5.92 Å². The summed E-state index contributed by atoms with van der Waals surface area (Å²) in [4.78, 5) is 12.4. The van der Waals surface area contributed by atoms with Crippen molar-refractivity contribution >= 4 is 16.7 Å². The molecule has 0 radical (unpaired) electrons. The number of fused-ring (bicyclic) bond motifs is 1. The van der Waals surface area contributed by atoms with Gasteiger partial charge in [-0.15, -0.1) is 0 Å². The molecule has 1 aliphatic carbocycles. The van der Waals surface area contributed by atoms with Crippen LogP contribution in [0.2, 0.25) is 0 Å². The van der Waals surface area contributed by atoms with Gasteiger partial charge in [-0.3, -0.25) is 4.79 Å². The van der Waals surface area contributed by atoms with Crippen molar-refractivity contribution in [2.45, 2.75) is 19.3 Å². The van der Waals surface area contributed by atoms with Gasteiger partial charge in [-0.2, -0.15) is 0 Å². The average Bonchev–Trinajstić information content (AvgIpc) is 2.64. The Kier molecular flexibility index (Phi) is 2.62. The van der Waals surface area contributed by atoms with E-state index in [0.29, 0.717) is 5.78 Å². The van der Waals surface area contributed by atoms with Gasteiger partial charge in [0.25, 0.3) is 0 Å². The van der Waals surface area contributed by atoms with E-state index < -0.39 is 0 Å². The van der Waals surface area contributed by atoms with Gasteiger partial charge in [-0.05, 0) is 25.0 Å². The Balaban J connectivity index is 2.10. The van der Waals surface area contributed by atoms with Gasteiger partial charge in [0.05, 0.1) is 12.6 Å². The Hall–Kier alpha value is -1.77. The summed E-state index contributed by atoms with van der Waals surface area (Å²) in [6.07, 6.45) is 5.23. The SMILES string of the molecule is COc1ccc2c(C(=O)C3CCC3)cn(C)c2c1. The fourth-order valence-corrected chi connectivity index (χ4v) is 2.58. The maximum atomic E-state index is 12.4. The molecule has 94 valence electrons. The molecule has 3 heteroatoms. The van der Waals surface area contributed by atoms with Crippen LogP contribution in [0.3, 0.4) is 0 Å². The number of hydrogen-bond donors (Lipinski definition) is 0. The summed E-state index contributed by atoms with van der Waals surface area (Å²) in [6.45, 7) is 0. The number of benzene rings is 1. The molecule has 3 rings (SSSR count). The first kappa shape index (κ1) is 11.3. The van der Waals surface area contributed by atoms with Crippen molar-refractivity contribution in [2.24, 2.45) is 13.0 Å². The summed E-state index contributed by atoms with van der Waals surface area (Å²) in [6, 6.07) is 5.88. The third-order valence-corrected chi connectivity index (χ3v) is 3.94. The van der Waals surface area contributed by atoms with Crippen LogP contribution in [-0.4, -0.2) is 17.5 Å². The maximum Gasteiger partial charge on any atom is 0.168 e. The molecule has 1 fully saturated rings. The third kappa shape index (κ3) is 1.62. The van der Waals surface area contributed by atoms with E-state index in [9.17, 15) is 4.79 Å². The molecule has 18 heavy (non-hydrogen) atoms. The molecule has 1 aliphatic rings. The summed E-state index contributed by atoms with van der Waals surface area (Å²) in [7, 11) is 3.63. The average molecular weight is 243 g/mol. The quantitative estimate of drug-likeness (QED) is 0.775. The molecule has 0 saturated heterocycles. The minimum atomic E-state index is 0.248. The molecule has 0 unspecified atom stereocenters. The lowest BCUT2D eigenvalue weighted by Gasteiger charge is -2.23. The van der Waals surface area contributed by atoms with E-state index in [1.807, 2.05) is 36.0 Å². The molecule has 0 aliphatic heterocycles. The lowest BCUT2D eigenvalue weighted by atomic mass is 9.80. The Morgan fingerprint density at radius 3 is 2.78 bits per heavy atom. The molecule has 1 saturated carbocycles. The summed E-state index contributed by atoms with van der Waals surface area (Å²) in [5.74, 6) is 1.38. The van der Waals surface area contributed by atoms with E-state index in [0.717, 1.165) is 35.1 Å². The Morgan fingerprint density at radius 1 is 1.39 bits per heavy atom. The summed E-state index contributed by atoms with van der Waals surface area (Å²) >= 11 is 0. The number of hydrogen-bond acceptors (Lipinski definition) is 2. The monoisotopic (exact) mass is 243 g/mol. The second-order valence-electron chi connectivity index (χ2n) is 5.03. The molecule has 0 N–H and O–H groups in total. The van der Waals surface area contributed by atoms with Crippen LogP contribution in [0.1, 0.15) is 29.6 Å². The molecule has 0 spiro atoms. The van der Waals surface area contributed by atoms with Gasteiger partial charge in [0.1, 0.15) is 5.75 Å². The van der Waals surface area contributed by atoms with Crippen molar-refractivity contribution in [3.8, 4) is 5.75 Å². The van der Waals surface area contributed by atoms with Crippen molar-refractivity contribution in [3.05, 3.63) is 30.0 Å². The molecule has 2 aromatic rings. The van der Waals surface area contributed by atoms with Crippen molar-refractivity contribution in [3.63, 3.8) is 0 Å². The fourth-order valence-electron chi connectivity index (χ4n) is 2.58. The topological polar surface area (TPSA) is 31.2 Å². The van der Waals surface area contributed by atoms with Crippen molar-refractivity contribution in [1.82, 2.24) is 4.57 Å². The fraction of sp³-hybridized carbons (Fsp3) is 0.400. The highest BCUT2D eigenvalue weighted by Crippen LogP contribution is 2.33. The van der Waals surface area contributed by atoms with Crippen LogP contribution in [0.15, 0.2) is 24.4 Å². The second kappa shape index (κ2) is 4.16. The Labute approximate surface area is 106 Å². The smallest absolute Gasteiger partial charge is 0.168 e. The van der Waals surface area contributed by atoms with Crippen LogP contribution in [0.25, 0.3) is 10.9 Å². The molecule has 1 aromatic heterocycles. The predicted octanol–water partition coefficient (Wildman–Crippen LogP) is 3.17. The second-order valence-corrected chi connectivity index (χ2v) is 5.03. The van der Waals surface area contributed by atoms with Crippen molar-refractivity contribution < 1.29 is 9.53 Å². The normalized spacial score (nSPS) is 15.7. The van der Waals surface area contributed by atoms with E-state index in [1.54, 1.807) is 7.11 Å². The van der Waals surface area contributed by atoms with Crippen LogP contribution >= 0.6 is 0 Å². The zero-order valence-corrected chi connectivity index (χ0v) is 10.8. The van der Waals surface area contributed by atoms with E-state index >= 15 is 0 Å². The van der Waals surface area contributed by atoms with Crippen LogP contribution in [0.5, 0.6) is 5.75 Å². The van der Waals surface area contributed by atoms with Gasteiger partial charge in [0.2, 0.25) is 0 Å². The van der Waals surface area contributed by atoms with Gasteiger partial charge in [-0.25, -0.2) is 0 Å². The number of nitrogens with zero attached hydrogens (tertiary/aromatic N) is 1.